The second-order valence-electron chi connectivity index (χ2n) is 9.52. The number of Topliss-reactive ketones (excluding diaryl/α,β-unsaturated/α-hetero) is 1. The molecule has 1 aliphatic rings. The Labute approximate surface area is 229 Å². The van der Waals surface area contributed by atoms with E-state index in [1.807, 2.05) is 0 Å². The zero-order chi connectivity index (χ0) is 29.2. The van der Waals surface area contributed by atoms with Crippen molar-refractivity contribution in [2.75, 3.05) is 0 Å². The highest BCUT2D eigenvalue weighted by atomic mass is 16.5. The molecule has 11 nitrogen and oxygen atoms in total. The van der Waals surface area contributed by atoms with Gasteiger partial charge in [-0.05, 0) is 29.8 Å². The fraction of sp³-hybridized carbons (Fsp3) is 0.0667. The van der Waals surface area contributed by atoms with Crippen molar-refractivity contribution in [3.05, 3.63) is 82.0 Å². The Kier molecular flexibility index (Phi) is 5.66. The van der Waals surface area contributed by atoms with Crippen LogP contribution in [0, 0.1) is 0 Å². The lowest BCUT2D eigenvalue weighted by Gasteiger charge is -2.27. The highest BCUT2D eigenvalue weighted by molar-refractivity contribution is 6.06. The molecule has 0 saturated carbocycles. The van der Waals surface area contributed by atoms with E-state index >= 15 is 0 Å². The molecule has 1 atom stereocenters. The first-order chi connectivity index (χ1) is 19.5. The number of rotatable bonds is 3. The molecule has 0 saturated heterocycles. The minimum Gasteiger partial charge on any atom is -0.508 e. The molecule has 6 rings (SSSR count). The third kappa shape index (κ3) is 4.16. The zero-order valence-corrected chi connectivity index (χ0v) is 20.8. The smallest absolute Gasteiger partial charge is 0.197 e. The van der Waals surface area contributed by atoms with E-state index in [9.17, 15) is 45.3 Å². The fourth-order valence-electron chi connectivity index (χ4n) is 4.97. The average molecular weight is 556 g/mol. The number of benzene rings is 4. The van der Waals surface area contributed by atoms with Gasteiger partial charge in [-0.25, -0.2) is 0 Å². The molecule has 206 valence electrons. The number of fused-ring (bicyclic) bond motifs is 2. The number of phenolic OH excluding ortho intramolecular Hbond substituents is 7. The molecule has 41 heavy (non-hydrogen) atoms. The van der Waals surface area contributed by atoms with Gasteiger partial charge in [-0.15, -0.1) is 0 Å². The van der Waals surface area contributed by atoms with Crippen LogP contribution >= 0.6 is 0 Å². The molecule has 0 aliphatic carbocycles. The van der Waals surface area contributed by atoms with Crippen LogP contribution in [-0.4, -0.2) is 41.5 Å². The van der Waals surface area contributed by atoms with E-state index < -0.39 is 51.8 Å². The zero-order valence-electron chi connectivity index (χ0n) is 20.8. The molecule has 1 aliphatic heterocycles. The van der Waals surface area contributed by atoms with Gasteiger partial charge < -0.3 is 44.9 Å². The Morgan fingerprint density at radius 2 is 1.34 bits per heavy atom. The third-order valence-corrected chi connectivity index (χ3v) is 6.87. The van der Waals surface area contributed by atoms with Gasteiger partial charge in [0, 0.05) is 35.4 Å². The van der Waals surface area contributed by atoms with Crippen LogP contribution in [0.15, 0.2) is 69.9 Å². The largest absolute Gasteiger partial charge is 0.508 e. The standard InChI is InChI=1S/C30H20O11/c31-13-3-1-12(2-4-13)23-9-22(38)29-26(40-23)11-20(36)27(30(29)39)16-8-18(34)17(33)7-15(16)24-10-21(37)28-19(35)5-14(32)6-25(28)41-24/h1-8,10-11,23,31-36,39H,9H2. The summed E-state index contributed by atoms with van der Waals surface area (Å²) >= 11 is 0. The van der Waals surface area contributed by atoms with E-state index in [2.05, 4.69) is 0 Å². The molecule has 5 aromatic rings. The normalized spacial score (nSPS) is 14.5. The van der Waals surface area contributed by atoms with Gasteiger partial charge in [0.15, 0.2) is 22.7 Å². The number of ketones is 1. The monoisotopic (exact) mass is 556 g/mol. The highest BCUT2D eigenvalue weighted by Gasteiger charge is 2.34. The lowest BCUT2D eigenvalue weighted by Crippen LogP contribution is -2.20. The van der Waals surface area contributed by atoms with Gasteiger partial charge >= 0.3 is 0 Å². The summed E-state index contributed by atoms with van der Waals surface area (Å²) in [5, 5.41) is 72.2. The summed E-state index contributed by atoms with van der Waals surface area (Å²) in [7, 11) is 0. The quantitative estimate of drug-likeness (QED) is 0.151. The van der Waals surface area contributed by atoms with Crippen molar-refractivity contribution in [2.45, 2.75) is 12.5 Å². The molecule has 7 N–H and O–H groups in total. The van der Waals surface area contributed by atoms with Gasteiger partial charge in [0.25, 0.3) is 0 Å². The molecule has 1 unspecified atom stereocenters. The molecule has 1 aromatic heterocycles. The maximum atomic E-state index is 13.2. The Morgan fingerprint density at radius 3 is 2.05 bits per heavy atom. The van der Waals surface area contributed by atoms with Crippen LogP contribution < -0.4 is 10.2 Å². The number of carbonyl (C=O) groups is 1. The molecule has 0 radical (unpaired) electrons. The second kappa shape index (κ2) is 9.12. The molecular formula is C30H20O11. The van der Waals surface area contributed by atoms with Crippen LogP contribution in [0.5, 0.6) is 46.0 Å². The SMILES string of the molecule is O=C1CC(c2ccc(O)cc2)Oc2cc(O)c(-c3cc(O)c(O)cc3-c3cc(=O)c4c(O)cc(O)cc4o3)c(O)c21. The minimum absolute atomic E-state index is 0.0278. The Hall–Kier alpha value is -5.84. The summed E-state index contributed by atoms with van der Waals surface area (Å²) < 4.78 is 11.7. The average Bonchev–Trinajstić information content (AvgIpc) is 2.89. The highest BCUT2D eigenvalue weighted by Crippen LogP contribution is 2.52. The molecule has 0 bridgehead atoms. The first-order valence-corrected chi connectivity index (χ1v) is 12.2. The van der Waals surface area contributed by atoms with Crippen molar-refractivity contribution in [1.29, 1.82) is 0 Å². The number of aromatic hydroxyl groups is 7. The summed E-state index contributed by atoms with van der Waals surface area (Å²) in [4.78, 5) is 26.1. The maximum Gasteiger partial charge on any atom is 0.197 e. The van der Waals surface area contributed by atoms with Crippen LogP contribution in [0.4, 0.5) is 0 Å². The van der Waals surface area contributed by atoms with Crippen LogP contribution in [0.1, 0.15) is 28.4 Å². The topological polar surface area (TPSA) is 198 Å². The maximum absolute atomic E-state index is 13.2. The van der Waals surface area contributed by atoms with E-state index in [4.69, 9.17) is 9.15 Å². The Bertz CT molecular complexity index is 1960. The van der Waals surface area contributed by atoms with Crippen LogP contribution in [0.3, 0.4) is 0 Å². The predicted molar refractivity (Wildman–Crippen MR) is 144 cm³/mol. The molecule has 0 spiro atoms. The number of hydrogen-bond acceptors (Lipinski definition) is 11. The Morgan fingerprint density at radius 1 is 0.659 bits per heavy atom. The predicted octanol–water partition coefficient (Wildman–Crippen LogP) is 4.77. The molecule has 2 heterocycles. The van der Waals surface area contributed by atoms with Gasteiger partial charge in [0.05, 0.1) is 12.0 Å². The number of carbonyl (C=O) groups excluding carboxylic acids is 1. The van der Waals surface area contributed by atoms with Gasteiger partial charge in [-0.3, -0.25) is 9.59 Å². The Balaban J connectivity index is 1.54. The van der Waals surface area contributed by atoms with E-state index in [-0.39, 0.29) is 56.9 Å². The lowest BCUT2D eigenvalue weighted by atomic mass is 9.89. The van der Waals surface area contributed by atoms with E-state index in [0.717, 1.165) is 36.4 Å². The first kappa shape index (κ1) is 25.4. The van der Waals surface area contributed by atoms with Crippen molar-refractivity contribution in [3.63, 3.8) is 0 Å². The first-order valence-electron chi connectivity index (χ1n) is 12.2. The van der Waals surface area contributed by atoms with Crippen molar-refractivity contribution in [3.8, 4) is 68.4 Å². The molecular weight excluding hydrogens is 536 g/mol. The van der Waals surface area contributed by atoms with Crippen LogP contribution in [0.25, 0.3) is 33.4 Å². The van der Waals surface area contributed by atoms with E-state index in [1.165, 1.54) is 12.1 Å². The summed E-state index contributed by atoms with van der Waals surface area (Å²) in [5.41, 5.74) is -1.10. The van der Waals surface area contributed by atoms with Gasteiger partial charge in [-0.2, -0.15) is 0 Å². The van der Waals surface area contributed by atoms with Gasteiger partial charge in [-0.1, -0.05) is 12.1 Å². The van der Waals surface area contributed by atoms with Crippen LogP contribution in [-0.2, 0) is 0 Å². The van der Waals surface area contributed by atoms with Crippen molar-refractivity contribution < 1.29 is 49.7 Å². The van der Waals surface area contributed by atoms with Crippen molar-refractivity contribution in [2.24, 2.45) is 0 Å². The van der Waals surface area contributed by atoms with Crippen molar-refractivity contribution >= 4 is 16.8 Å². The van der Waals surface area contributed by atoms with E-state index in [1.54, 1.807) is 12.1 Å². The second-order valence-corrected chi connectivity index (χ2v) is 9.52. The van der Waals surface area contributed by atoms with Crippen molar-refractivity contribution in [1.82, 2.24) is 0 Å². The summed E-state index contributed by atoms with van der Waals surface area (Å²) in [5.74, 6) is -4.25. The molecule has 0 amide bonds. The van der Waals surface area contributed by atoms with Gasteiger partial charge in [0.2, 0.25) is 0 Å². The number of hydrogen-bond donors (Lipinski definition) is 7. The van der Waals surface area contributed by atoms with Crippen LogP contribution in [0.2, 0.25) is 0 Å². The third-order valence-electron chi connectivity index (χ3n) is 6.87. The van der Waals surface area contributed by atoms with Gasteiger partial charge in [0.1, 0.15) is 62.9 Å². The fourth-order valence-corrected chi connectivity index (χ4v) is 4.97. The number of ether oxygens (including phenoxy) is 1. The van der Waals surface area contributed by atoms with E-state index in [0.29, 0.717) is 5.56 Å². The minimum atomic E-state index is -0.756. The molecule has 11 heteroatoms. The number of phenols is 7. The lowest BCUT2D eigenvalue weighted by molar-refractivity contribution is 0.0845. The summed E-state index contributed by atoms with van der Waals surface area (Å²) in [6.07, 6.45) is -0.927. The molecule has 0 fully saturated rings. The molecule has 4 aromatic carbocycles. The summed E-state index contributed by atoms with van der Waals surface area (Å²) in [6, 6.07) is 12.2. The summed E-state index contributed by atoms with van der Waals surface area (Å²) in [6.45, 7) is 0.